The quantitative estimate of drug-likeness (QED) is 0.834. The van der Waals surface area contributed by atoms with Crippen molar-refractivity contribution in [3.8, 4) is 0 Å². The largest absolute Gasteiger partial charge is 0.481 e. The number of carboxylic acids is 1. The van der Waals surface area contributed by atoms with Crippen LogP contribution in [0.3, 0.4) is 0 Å². The number of carboxylic acid groups (broad SMARTS) is 1. The van der Waals surface area contributed by atoms with Gasteiger partial charge in [0.15, 0.2) is 5.78 Å². The number of hydrogen-bond donors (Lipinski definition) is 1. The molecular formula is C20H25NO4. The first-order valence-electron chi connectivity index (χ1n) is 8.95. The van der Waals surface area contributed by atoms with Gasteiger partial charge in [0.25, 0.3) is 0 Å². The molecular weight excluding hydrogens is 318 g/mol. The van der Waals surface area contributed by atoms with Crippen LogP contribution >= 0.6 is 0 Å². The zero-order valence-corrected chi connectivity index (χ0v) is 14.9. The number of amides is 1. The predicted molar refractivity (Wildman–Crippen MR) is 93.5 cm³/mol. The van der Waals surface area contributed by atoms with E-state index in [9.17, 15) is 19.5 Å². The molecule has 3 rings (SSSR count). The Labute approximate surface area is 148 Å². The summed E-state index contributed by atoms with van der Waals surface area (Å²) in [6, 6.07) is 5.75. The highest BCUT2D eigenvalue weighted by Crippen LogP contribution is 2.49. The second-order valence-electron chi connectivity index (χ2n) is 7.57. The molecule has 25 heavy (non-hydrogen) atoms. The molecule has 1 N–H and O–H groups in total. The van der Waals surface area contributed by atoms with Crippen molar-refractivity contribution < 1.29 is 19.5 Å². The lowest BCUT2D eigenvalue weighted by atomic mass is 9.81. The second-order valence-corrected chi connectivity index (χ2v) is 7.57. The molecule has 1 saturated carbocycles. The number of fused-ring (bicyclic) bond motifs is 1. The average molecular weight is 343 g/mol. The molecule has 2 aliphatic rings. The van der Waals surface area contributed by atoms with Gasteiger partial charge < -0.3 is 10.0 Å². The van der Waals surface area contributed by atoms with Crippen LogP contribution in [0.15, 0.2) is 18.2 Å². The number of carbonyl (C=O) groups excluding carboxylic acids is 2. The number of nitrogens with zero attached hydrogens (tertiary/aromatic N) is 1. The molecule has 5 heteroatoms. The third kappa shape index (κ3) is 3.20. The van der Waals surface area contributed by atoms with Crippen LogP contribution in [0.25, 0.3) is 0 Å². The van der Waals surface area contributed by atoms with Crippen molar-refractivity contribution in [1.82, 2.24) is 4.90 Å². The number of ketones is 1. The van der Waals surface area contributed by atoms with Crippen molar-refractivity contribution in [3.05, 3.63) is 34.9 Å². The number of hydrogen-bond acceptors (Lipinski definition) is 3. The van der Waals surface area contributed by atoms with E-state index >= 15 is 0 Å². The van der Waals surface area contributed by atoms with Crippen LogP contribution in [0.4, 0.5) is 0 Å². The normalized spacial score (nSPS) is 25.0. The zero-order valence-electron chi connectivity index (χ0n) is 14.9. The highest BCUT2D eigenvalue weighted by atomic mass is 16.4. The summed E-state index contributed by atoms with van der Waals surface area (Å²) >= 11 is 0. The van der Waals surface area contributed by atoms with Crippen LogP contribution in [-0.4, -0.2) is 40.8 Å². The smallest absolute Gasteiger partial charge is 0.311 e. The molecule has 1 aliphatic carbocycles. The van der Waals surface area contributed by atoms with Crippen LogP contribution in [0, 0.1) is 25.2 Å². The molecule has 1 saturated heterocycles. The number of benzene rings is 1. The SMILES string of the molecule is Cc1ccc(C)c(C(=O)CCC(=O)N2C[C@@H]3CCC[C@@]3(C(=O)O)C2)c1. The molecule has 0 spiro atoms. The Hall–Kier alpha value is -2.17. The highest BCUT2D eigenvalue weighted by Gasteiger charge is 2.55. The third-order valence-corrected chi connectivity index (χ3v) is 5.91. The molecule has 0 radical (unpaired) electrons. The van der Waals surface area contributed by atoms with Crippen molar-refractivity contribution in [2.45, 2.75) is 46.0 Å². The van der Waals surface area contributed by atoms with Crippen molar-refractivity contribution in [1.29, 1.82) is 0 Å². The first kappa shape index (κ1) is 17.6. The Balaban J connectivity index is 1.61. The average Bonchev–Trinajstić information content (AvgIpc) is 3.12. The molecule has 2 fully saturated rings. The molecule has 1 heterocycles. The Bertz CT molecular complexity index is 726. The van der Waals surface area contributed by atoms with Crippen LogP contribution in [-0.2, 0) is 9.59 Å². The fraction of sp³-hybridized carbons (Fsp3) is 0.550. The van der Waals surface area contributed by atoms with Gasteiger partial charge in [0.1, 0.15) is 0 Å². The minimum atomic E-state index is -0.781. The van der Waals surface area contributed by atoms with Gasteiger partial charge in [-0.2, -0.15) is 0 Å². The summed E-state index contributed by atoms with van der Waals surface area (Å²) < 4.78 is 0. The summed E-state index contributed by atoms with van der Waals surface area (Å²) in [4.78, 5) is 38.3. The van der Waals surface area contributed by atoms with E-state index in [1.165, 1.54) is 0 Å². The maximum atomic E-state index is 12.5. The number of rotatable bonds is 5. The van der Waals surface area contributed by atoms with E-state index < -0.39 is 11.4 Å². The first-order chi connectivity index (χ1) is 11.8. The van der Waals surface area contributed by atoms with Crippen molar-refractivity contribution in [2.24, 2.45) is 11.3 Å². The number of aryl methyl sites for hydroxylation is 2. The van der Waals surface area contributed by atoms with Crippen molar-refractivity contribution >= 4 is 17.7 Å². The molecule has 1 aliphatic heterocycles. The van der Waals surface area contributed by atoms with Crippen LogP contribution < -0.4 is 0 Å². The molecule has 1 amide bonds. The van der Waals surface area contributed by atoms with E-state index in [2.05, 4.69) is 0 Å². The molecule has 1 aromatic carbocycles. The summed E-state index contributed by atoms with van der Waals surface area (Å²) in [5, 5.41) is 9.60. The number of Topliss-reactive ketones (excluding diaryl/α,β-unsaturated/α-hetero) is 1. The van der Waals surface area contributed by atoms with Crippen LogP contribution in [0.2, 0.25) is 0 Å². The minimum Gasteiger partial charge on any atom is -0.481 e. The Morgan fingerprint density at radius 1 is 1.24 bits per heavy atom. The van der Waals surface area contributed by atoms with E-state index in [0.29, 0.717) is 25.1 Å². The maximum Gasteiger partial charge on any atom is 0.311 e. The summed E-state index contributed by atoms with van der Waals surface area (Å²) in [6.07, 6.45) is 2.76. The van der Waals surface area contributed by atoms with E-state index in [-0.39, 0.29) is 30.4 Å². The monoisotopic (exact) mass is 343 g/mol. The summed E-state index contributed by atoms with van der Waals surface area (Å²) in [7, 11) is 0. The number of likely N-dealkylation sites (tertiary alicyclic amines) is 1. The molecule has 134 valence electrons. The molecule has 1 aromatic rings. The molecule has 2 atom stereocenters. The molecule has 5 nitrogen and oxygen atoms in total. The zero-order chi connectivity index (χ0) is 18.2. The summed E-state index contributed by atoms with van der Waals surface area (Å²) in [5.41, 5.74) is 1.86. The van der Waals surface area contributed by atoms with Crippen molar-refractivity contribution in [3.63, 3.8) is 0 Å². The van der Waals surface area contributed by atoms with Crippen LogP contribution in [0.5, 0.6) is 0 Å². The Morgan fingerprint density at radius 3 is 2.68 bits per heavy atom. The van der Waals surface area contributed by atoms with Gasteiger partial charge in [0.2, 0.25) is 5.91 Å². The molecule has 0 unspecified atom stereocenters. The molecule has 0 aromatic heterocycles. The van der Waals surface area contributed by atoms with Crippen LogP contribution in [0.1, 0.15) is 53.6 Å². The van der Waals surface area contributed by atoms with Gasteiger partial charge in [-0.05, 0) is 44.2 Å². The lowest BCUT2D eigenvalue weighted by Crippen LogP contribution is -2.37. The van der Waals surface area contributed by atoms with Gasteiger partial charge >= 0.3 is 5.97 Å². The Kier molecular flexibility index (Phi) is 4.67. The second kappa shape index (κ2) is 6.62. The number of carbonyl (C=O) groups is 3. The highest BCUT2D eigenvalue weighted by molar-refractivity contribution is 5.99. The van der Waals surface area contributed by atoms with Gasteiger partial charge in [0.05, 0.1) is 5.41 Å². The van der Waals surface area contributed by atoms with Gasteiger partial charge in [-0.3, -0.25) is 14.4 Å². The van der Waals surface area contributed by atoms with Gasteiger partial charge in [0, 0.05) is 31.5 Å². The standard InChI is InChI=1S/C20H25NO4/c1-13-5-6-14(2)16(10-13)17(22)7-8-18(23)21-11-15-4-3-9-20(15,12-21)19(24)25/h5-6,10,15H,3-4,7-9,11-12H2,1-2H3,(H,24,25)/t15-,20+/m0/s1. The third-order valence-electron chi connectivity index (χ3n) is 5.91. The maximum absolute atomic E-state index is 12.5. The van der Waals surface area contributed by atoms with E-state index in [0.717, 1.165) is 24.0 Å². The lowest BCUT2D eigenvalue weighted by Gasteiger charge is -2.23. The lowest BCUT2D eigenvalue weighted by molar-refractivity contribution is -0.149. The topological polar surface area (TPSA) is 74.7 Å². The van der Waals surface area contributed by atoms with Gasteiger partial charge in [-0.15, -0.1) is 0 Å². The number of aliphatic carboxylic acids is 1. The van der Waals surface area contributed by atoms with E-state index in [1.807, 2.05) is 32.0 Å². The fourth-order valence-corrected chi connectivity index (χ4v) is 4.38. The summed E-state index contributed by atoms with van der Waals surface area (Å²) in [5.74, 6) is -0.851. The van der Waals surface area contributed by atoms with E-state index in [1.54, 1.807) is 4.90 Å². The first-order valence-corrected chi connectivity index (χ1v) is 8.95. The van der Waals surface area contributed by atoms with Gasteiger partial charge in [-0.25, -0.2) is 0 Å². The summed E-state index contributed by atoms with van der Waals surface area (Å²) in [6.45, 7) is 4.65. The van der Waals surface area contributed by atoms with Crippen molar-refractivity contribution in [2.75, 3.05) is 13.1 Å². The fourth-order valence-electron chi connectivity index (χ4n) is 4.38. The van der Waals surface area contributed by atoms with E-state index in [4.69, 9.17) is 0 Å². The van der Waals surface area contributed by atoms with Gasteiger partial charge in [-0.1, -0.05) is 24.1 Å². The molecule has 0 bridgehead atoms. The predicted octanol–water partition coefficient (Wildman–Crippen LogP) is 2.98. The minimum absolute atomic E-state index is 0.0260. The Morgan fingerprint density at radius 2 is 2.00 bits per heavy atom.